The van der Waals surface area contributed by atoms with E-state index in [4.69, 9.17) is 0 Å². The number of nitrogens with one attached hydrogen (secondary N) is 2. The molecule has 1 amide bonds. The Bertz CT molecular complexity index is 530. The third-order valence-corrected chi connectivity index (χ3v) is 4.86. The first kappa shape index (κ1) is 18.9. The Balaban J connectivity index is 1.77. The first-order valence-corrected chi connectivity index (χ1v) is 9.26. The third-order valence-electron chi connectivity index (χ3n) is 4.86. The van der Waals surface area contributed by atoms with Crippen molar-refractivity contribution in [2.45, 2.75) is 70.9 Å². The molecule has 1 aliphatic carbocycles. The van der Waals surface area contributed by atoms with E-state index in [-0.39, 0.29) is 18.1 Å². The van der Waals surface area contributed by atoms with Gasteiger partial charge in [0.15, 0.2) is 0 Å². The van der Waals surface area contributed by atoms with E-state index in [0.717, 1.165) is 31.5 Å². The molecule has 0 saturated heterocycles. The van der Waals surface area contributed by atoms with Gasteiger partial charge in [0.25, 0.3) is 0 Å². The van der Waals surface area contributed by atoms with E-state index in [2.05, 4.69) is 30.5 Å². The Morgan fingerprint density at radius 3 is 2.71 bits per heavy atom. The van der Waals surface area contributed by atoms with Crippen LogP contribution in [0, 0.1) is 5.92 Å². The lowest BCUT2D eigenvalue weighted by molar-refractivity contribution is -0.116. The predicted molar refractivity (Wildman–Crippen MR) is 99.2 cm³/mol. The van der Waals surface area contributed by atoms with E-state index in [0.29, 0.717) is 18.3 Å². The van der Waals surface area contributed by atoms with Gasteiger partial charge in [0.05, 0.1) is 6.10 Å². The monoisotopic (exact) mass is 332 g/mol. The largest absolute Gasteiger partial charge is 0.393 e. The summed E-state index contributed by atoms with van der Waals surface area (Å²) >= 11 is 0. The maximum atomic E-state index is 12.3. The SMILES string of the molecule is CC(CC(=O)Nc1ccccc1C(C)C)NCC1CCCC(O)C1. The van der Waals surface area contributed by atoms with Gasteiger partial charge in [-0.1, -0.05) is 38.5 Å². The average molecular weight is 332 g/mol. The van der Waals surface area contributed by atoms with Gasteiger partial charge in [-0.3, -0.25) is 4.79 Å². The number of aliphatic hydroxyl groups excluding tert-OH is 1. The molecule has 134 valence electrons. The lowest BCUT2D eigenvalue weighted by atomic mass is 9.87. The van der Waals surface area contributed by atoms with E-state index in [1.807, 2.05) is 25.1 Å². The Hall–Kier alpha value is -1.39. The minimum atomic E-state index is -0.142. The van der Waals surface area contributed by atoms with Crippen LogP contribution in [0.1, 0.15) is 64.4 Å². The molecule has 3 unspecified atom stereocenters. The number of carbonyl (C=O) groups excluding carboxylic acids is 1. The Morgan fingerprint density at radius 2 is 2.00 bits per heavy atom. The number of hydrogen-bond acceptors (Lipinski definition) is 3. The lowest BCUT2D eigenvalue weighted by Crippen LogP contribution is -2.36. The van der Waals surface area contributed by atoms with Crippen LogP contribution >= 0.6 is 0 Å². The maximum Gasteiger partial charge on any atom is 0.225 e. The molecule has 24 heavy (non-hydrogen) atoms. The fraction of sp³-hybridized carbons (Fsp3) is 0.650. The highest BCUT2D eigenvalue weighted by atomic mass is 16.3. The van der Waals surface area contributed by atoms with Crippen LogP contribution in [-0.2, 0) is 4.79 Å². The summed E-state index contributed by atoms with van der Waals surface area (Å²) in [5.74, 6) is 0.961. The van der Waals surface area contributed by atoms with Crippen LogP contribution in [-0.4, -0.2) is 29.7 Å². The highest BCUT2D eigenvalue weighted by Gasteiger charge is 2.20. The van der Waals surface area contributed by atoms with Gasteiger partial charge in [-0.15, -0.1) is 0 Å². The van der Waals surface area contributed by atoms with Gasteiger partial charge in [-0.25, -0.2) is 0 Å². The van der Waals surface area contributed by atoms with Gasteiger partial charge in [0.1, 0.15) is 0 Å². The van der Waals surface area contributed by atoms with Crippen molar-refractivity contribution in [1.82, 2.24) is 5.32 Å². The van der Waals surface area contributed by atoms with Gasteiger partial charge in [-0.05, 0) is 56.2 Å². The van der Waals surface area contributed by atoms with Crippen molar-refractivity contribution in [2.24, 2.45) is 5.92 Å². The summed E-state index contributed by atoms with van der Waals surface area (Å²) in [5.41, 5.74) is 2.09. The van der Waals surface area contributed by atoms with Gasteiger partial charge >= 0.3 is 0 Å². The summed E-state index contributed by atoms with van der Waals surface area (Å²) in [6, 6.07) is 8.13. The minimum absolute atomic E-state index is 0.0479. The standard InChI is InChI=1S/C20H32N2O2/c1-14(2)18-9-4-5-10-19(18)22-20(24)11-15(3)21-13-16-7-6-8-17(23)12-16/h4-5,9-10,14-17,21,23H,6-8,11-13H2,1-3H3,(H,22,24). The Morgan fingerprint density at radius 1 is 1.25 bits per heavy atom. The molecule has 0 radical (unpaired) electrons. The first-order valence-electron chi connectivity index (χ1n) is 9.26. The third kappa shape index (κ3) is 5.91. The molecule has 1 aromatic carbocycles. The fourth-order valence-electron chi connectivity index (χ4n) is 3.48. The number of para-hydroxylation sites is 1. The molecule has 0 bridgehead atoms. The van der Waals surface area contributed by atoms with Crippen LogP contribution in [0.15, 0.2) is 24.3 Å². The van der Waals surface area contributed by atoms with E-state index >= 15 is 0 Å². The van der Waals surface area contributed by atoms with Gasteiger partial charge in [0, 0.05) is 18.2 Å². The topological polar surface area (TPSA) is 61.4 Å². The number of aliphatic hydroxyl groups is 1. The molecule has 1 aliphatic rings. The normalized spacial score (nSPS) is 22.4. The van der Waals surface area contributed by atoms with Gasteiger partial charge < -0.3 is 15.7 Å². The van der Waals surface area contributed by atoms with E-state index < -0.39 is 0 Å². The zero-order valence-corrected chi connectivity index (χ0v) is 15.2. The van der Waals surface area contributed by atoms with Crippen molar-refractivity contribution < 1.29 is 9.90 Å². The predicted octanol–water partition coefficient (Wildman–Crippen LogP) is 3.67. The van der Waals surface area contributed by atoms with Gasteiger partial charge in [0.2, 0.25) is 5.91 Å². The number of hydrogen-bond donors (Lipinski definition) is 3. The number of anilines is 1. The fourth-order valence-corrected chi connectivity index (χ4v) is 3.48. The molecule has 0 aromatic heterocycles. The molecule has 1 saturated carbocycles. The van der Waals surface area contributed by atoms with Crippen LogP contribution in [0.25, 0.3) is 0 Å². The van der Waals surface area contributed by atoms with Crippen molar-refractivity contribution in [3.63, 3.8) is 0 Å². The summed E-state index contributed by atoms with van der Waals surface area (Å²) in [7, 11) is 0. The van der Waals surface area contributed by atoms with E-state index in [1.54, 1.807) is 0 Å². The highest BCUT2D eigenvalue weighted by molar-refractivity contribution is 5.91. The number of rotatable bonds is 7. The summed E-state index contributed by atoms with van der Waals surface area (Å²) < 4.78 is 0. The van der Waals surface area contributed by atoms with E-state index in [9.17, 15) is 9.90 Å². The lowest BCUT2D eigenvalue weighted by Gasteiger charge is -2.27. The second-order valence-electron chi connectivity index (χ2n) is 7.49. The molecule has 0 aliphatic heterocycles. The van der Waals surface area contributed by atoms with Crippen molar-refractivity contribution >= 4 is 11.6 Å². The maximum absolute atomic E-state index is 12.3. The second-order valence-corrected chi connectivity index (χ2v) is 7.49. The quantitative estimate of drug-likeness (QED) is 0.714. The molecular formula is C20H32N2O2. The molecule has 3 N–H and O–H groups in total. The van der Waals surface area contributed by atoms with E-state index in [1.165, 1.54) is 12.0 Å². The average Bonchev–Trinajstić information content (AvgIpc) is 2.53. The minimum Gasteiger partial charge on any atom is -0.393 e. The van der Waals surface area contributed by atoms with Gasteiger partial charge in [-0.2, -0.15) is 0 Å². The van der Waals surface area contributed by atoms with Crippen LogP contribution in [0.3, 0.4) is 0 Å². The van der Waals surface area contributed by atoms with Crippen LogP contribution in [0.5, 0.6) is 0 Å². The molecule has 4 nitrogen and oxygen atoms in total. The molecule has 0 heterocycles. The first-order chi connectivity index (χ1) is 11.5. The van der Waals surface area contributed by atoms with Crippen LogP contribution < -0.4 is 10.6 Å². The molecule has 1 aromatic rings. The number of benzene rings is 1. The van der Waals surface area contributed by atoms with Crippen molar-refractivity contribution in [3.05, 3.63) is 29.8 Å². The second kappa shape index (κ2) is 9.19. The molecule has 0 spiro atoms. The summed E-state index contributed by atoms with van der Waals surface area (Å²) in [5, 5.41) is 16.2. The van der Waals surface area contributed by atoms with Crippen LogP contribution in [0.4, 0.5) is 5.69 Å². The molecule has 1 fully saturated rings. The van der Waals surface area contributed by atoms with Crippen molar-refractivity contribution in [3.8, 4) is 0 Å². The zero-order valence-electron chi connectivity index (χ0n) is 15.2. The molecular weight excluding hydrogens is 300 g/mol. The number of carbonyl (C=O) groups is 1. The zero-order chi connectivity index (χ0) is 17.5. The molecule has 4 heteroatoms. The highest BCUT2D eigenvalue weighted by Crippen LogP contribution is 2.25. The van der Waals surface area contributed by atoms with Crippen LogP contribution in [0.2, 0.25) is 0 Å². The summed E-state index contributed by atoms with van der Waals surface area (Å²) in [6.07, 6.45) is 4.41. The summed E-state index contributed by atoms with van der Waals surface area (Å²) in [6.45, 7) is 7.20. The smallest absolute Gasteiger partial charge is 0.225 e. The Kier molecular flexibility index (Phi) is 7.25. The molecule has 3 atom stereocenters. The summed E-state index contributed by atoms with van der Waals surface area (Å²) in [4.78, 5) is 12.3. The van der Waals surface area contributed by atoms with Crippen molar-refractivity contribution in [1.29, 1.82) is 0 Å². The number of amides is 1. The molecule has 2 rings (SSSR count). The van der Waals surface area contributed by atoms with Crippen molar-refractivity contribution in [2.75, 3.05) is 11.9 Å². The Labute approximate surface area is 146 Å².